The zero-order valence-electron chi connectivity index (χ0n) is 5.80. The van der Waals surface area contributed by atoms with Crippen LogP contribution in [0, 0.1) is 0 Å². The molecule has 0 atom stereocenters. The van der Waals surface area contributed by atoms with E-state index in [2.05, 4.69) is 0 Å². The van der Waals surface area contributed by atoms with E-state index in [1.54, 1.807) is 0 Å². The molecule has 0 aliphatic carbocycles. The first-order valence-corrected chi connectivity index (χ1v) is 8.16. The van der Waals surface area contributed by atoms with Gasteiger partial charge in [0.2, 0.25) is 0 Å². The SMILES string of the molecule is O=P(O)(O)O.O=[Si](O)O.[O]=[Zr]([OH])[OH]. The maximum atomic E-state index is 8.88. The van der Waals surface area contributed by atoms with Crippen molar-refractivity contribution in [2.75, 3.05) is 0 Å². The maximum absolute atomic E-state index is 8.88. The molecule has 13 heteroatoms. The Kier molecular flexibility index (Phi) is 15.2. The van der Waals surface area contributed by atoms with E-state index >= 15 is 0 Å². The van der Waals surface area contributed by atoms with Crippen molar-refractivity contribution in [2.24, 2.45) is 0 Å². The molecule has 0 aliphatic heterocycles. The Labute approximate surface area is 82.2 Å². The van der Waals surface area contributed by atoms with E-state index in [1.807, 2.05) is 0 Å². The van der Waals surface area contributed by atoms with Crippen molar-refractivity contribution < 1.29 is 65.1 Å². The number of phosphoric acid groups is 1. The molecule has 0 unspecified atom stereocenters. The van der Waals surface area contributed by atoms with Crippen LogP contribution >= 0.6 is 7.82 Å². The van der Waals surface area contributed by atoms with Crippen LogP contribution in [-0.2, 0) is 34.5 Å². The zero-order chi connectivity index (χ0) is 11.7. The average molecular weight is 317 g/mol. The molecule has 0 spiro atoms. The van der Waals surface area contributed by atoms with E-state index in [0.717, 1.165) is 0 Å². The van der Waals surface area contributed by atoms with Crippen molar-refractivity contribution in [1.29, 1.82) is 0 Å². The van der Waals surface area contributed by atoms with Crippen LogP contribution in [-0.4, -0.2) is 39.8 Å². The predicted molar refractivity (Wildman–Crippen MR) is 30.3 cm³/mol. The van der Waals surface area contributed by atoms with Gasteiger partial charge in [-0.3, -0.25) is 4.46 Å². The molecule has 0 aromatic carbocycles. The first-order chi connectivity index (χ1) is 5.46. The van der Waals surface area contributed by atoms with Gasteiger partial charge in [0.05, 0.1) is 0 Å². The van der Waals surface area contributed by atoms with Gasteiger partial charge in [-0.1, -0.05) is 0 Å². The van der Waals surface area contributed by atoms with Gasteiger partial charge in [0.25, 0.3) is 0 Å². The summed E-state index contributed by atoms with van der Waals surface area (Å²) in [6.45, 7) is 0. The second-order valence-corrected chi connectivity index (χ2v) is 4.06. The Bertz CT molecular complexity index is 163. The molecule has 13 heavy (non-hydrogen) atoms. The molecule has 7 N–H and O–H groups in total. The molecular formula is H7O10PSiZr. The van der Waals surface area contributed by atoms with Gasteiger partial charge in [-0.15, -0.1) is 0 Å². The molecule has 0 aromatic rings. The molecule has 0 saturated heterocycles. The van der Waals surface area contributed by atoms with Crippen LogP contribution in [0.3, 0.4) is 0 Å². The minimum atomic E-state index is -4.64. The van der Waals surface area contributed by atoms with Gasteiger partial charge in [0, 0.05) is 0 Å². The van der Waals surface area contributed by atoms with Crippen LogP contribution in [0.4, 0.5) is 0 Å². The zero-order valence-corrected chi connectivity index (χ0v) is 10.2. The fourth-order valence-corrected chi connectivity index (χ4v) is 0. The van der Waals surface area contributed by atoms with Crippen molar-refractivity contribution in [3.05, 3.63) is 0 Å². The van der Waals surface area contributed by atoms with E-state index in [1.165, 1.54) is 0 Å². The number of hydrogen-bond acceptors (Lipinski definition) is 3. The molecule has 0 amide bonds. The first-order valence-electron chi connectivity index (χ1n) is 2.09. The third-order valence-electron chi connectivity index (χ3n) is 0. The Balaban J connectivity index is -0.000000117. The van der Waals surface area contributed by atoms with Crippen molar-refractivity contribution in [3.63, 3.8) is 0 Å². The van der Waals surface area contributed by atoms with Crippen LogP contribution in [0.15, 0.2) is 0 Å². The fraction of sp³-hybridized carbons (Fsp3) is 0. The molecule has 0 bridgehead atoms. The summed E-state index contributed by atoms with van der Waals surface area (Å²) >= 11 is -3.79. The standard InChI is InChI=1S/H3O4P.H2O3Si.2H2O.O.Zr/c1-5(2,3)4;1-4(2)3;;;;/h(H3,1,2,3,4);1-2H;2*1H2;;/q;;;;;+2/p-2. The molecule has 0 aromatic heterocycles. The summed E-state index contributed by atoms with van der Waals surface area (Å²) in [6.07, 6.45) is 0. The van der Waals surface area contributed by atoms with E-state index in [-0.39, 0.29) is 0 Å². The molecule has 0 heterocycles. The quantitative estimate of drug-likeness (QED) is 0.172. The third kappa shape index (κ3) is 12100. The third-order valence-corrected chi connectivity index (χ3v) is 0. The van der Waals surface area contributed by atoms with Crippen molar-refractivity contribution in [1.82, 2.24) is 0 Å². The summed E-state index contributed by atoms with van der Waals surface area (Å²) in [6, 6.07) is 0. The van der Waals surface area contributed by atoms with Crippen LogP contribution < -0.4 is 0 Å². The monoisotopic (exact) mass is 316 g/mol. The number of rotatable bonds is 0. The Hall–Kier alpha value is 0.330. The summed E-state index contributed by atoms with van der Waals surface area (Å²) in [7, 11) is -7.77. The molecule has 0 radical (unpaired) electrons. The minimum absolute atomic E-state index is 3.13. The molecule has 0 rings (SSSR count). The second kappa shape index (κ2) is 10.4. The van der Waals surface area contributed by atoms with Gasteiger partial charge in [-0.25, -0.2) is 4.57 Å². The summed E-state index contributed by atoms with van der Waals surface area (Å²) < 4.78 is 41.0. The van der Waals surface area contributed by atoms with Crippen molar-refractivity contribution in [3.8, 4) is 0 Å². The second-order valence-electron chi connectivity index (χ2n) is 1.08. The molecular weight excluding hydrogens is 310 g/mol. The summed E-state index contributed by atoms with van der Waals surface area (Å²) in [4.78, 5) is 35.9. The van der Waals surface area contributed by atoms with Gasteiger partial charge in [-0.2, -0.15) is 0 Å². The molecule has 0 saturated carbocycles. The van der Waals surface area contributed by atoms with E-state index in [9.17, 15) is 0 Å². The van der Waals surface area contributed by atoms with Crippen LogP contribution in [0.1, 0.15) is 0 Å². The summed E-state index contributed by atoms with van der Waals surface area (Å²) in [5.74, 6) is 0. The van der Waals surface area contributed by atoms with Crippen molar-refractivity contribution >= 4 is 17.0 Å². The van der Waals surface area contributed by atoms with Gasteiger partial charge >= 0.3 is 48.8 Å². The van der Waals surface area contributed by atoms with Gasteiger partial charge < -0.3 is 24.3 Å². The first kappa shape index (κ1) is 19.0. The van der Waals surface area contributed by atoms with Gasteiger partial charge in [0.1, 0.15) is 0 Å². The summed E-state index contributed by atoms with van der Waals surface area (Å²) in [5.41, 5.74) is 0. The number of hydrogen-bond donors (Lipinski definition) is 7. The molecule has 80 valence electrons. The molecule has 10 nitrogen and oxygen atoms in total. The average Bonchev–Trinajstić information content (AvgIpc) is 1.50. The topological polar surface area (TPSA) is 193 Å². The van der Waals surface area contributed by atoms with Crippen molar-refractivity contribution in [2.45, 2.75) is 0 Å². The van der Waals surface area contributed by atoms with Crippen LogP contribution in [0.25, 0.3) is 0 Å². The Morgan fingerprint density at radius 3 is 1.08 bits per heavy atom. The summed E-state index contributed by atoms with van der Waals surface area (Å²) in [5, 5.41) is 0. The molecule has 0 fully saturated rings. The van der Waals surface area contributed by atoms with E-state index < -0.39 is 39.6 Å². The Morgan fingerprint density at radius 2 is 1.08 bits per heavy atom. The Morgan fingerprint density at radius 1 is 1.08 bits per heavy atom. The van der Waals surface area contributed by atoms with E-state index in [4.69, 9.17) is 42.5 Å². The van der Waals surface area contributed by atoms with Gasteiger partial charge in [-0.05, 0) is 0 Å². The van der Waals surface area contributed by atoms with Crippen LogP contribution in [0.5, 0.6) is 0 Å². The van der Waals surface area contributed by atoms with E-state index in [0.29, 0.717) is 0 Å². The predicted octanol–water partition coefficient (Wildman–Crippen LogP) is -3.78. The fourth-order valence-electron chi connectivity index (χ4n) is 0. The van der Waals surface area contributed by atoms with Gasteiger partial charge in [0.15, 0.2) is 0 Å². The van der Waals surface area contributed by atoms with Crippen LogP contribution in [0.2, 0.25) is 0 Å². The molecule has 0 aliphatic rings. The normalized spacial score (nSPS) is 8.38.